The molecule has 1 N–H and O–H groups in total. The number of hydrogen-bond donors (Lipinski definition) is 1. The van der Waals surface area contributed by atoms with Crippen LogP contribution < -0.4 is 5.32 Å². The van der Waals surface area contributed by atoms with Gasteiger partial charge in [-0.15, -0.1) is 12.4 Å². The molecule has 0 aliphatic carbocycles. The van der Waals surface area contributed by atoms with Crippen molar-refractivity contribution in [3.63, 3.8) is 0 Å². The van der Waals surface area contributed by atoms with Crippen molar-refractivity contribution in [3.05, 3.63) is 17.0 Å². The molecule has 0 bridgehead atoms. The monoisotopic (exact) mass is 314 g/mol. The molecule has 0 aromatic carbocycles. The van der Waals surface area contributed by atoms with Gasteiger partial charge in [-0.25, -0.2) is 0 Å². The first-order valence-corrected chi connectivity index (χ1v) is 7.33. The van der Waals surface area contributed by atoms with Crippen LogP contribution in [0.15, 0.2) is 4.52 Å². The SMILES string of the molecule is Cc1noc(C)c1C(=O)N1CCC(N2CCNCC2)C1.Cl. The van der Waals surface area contributed by atoms with E-state index in [-0.39, 0.29) is 18.3 Å². The van der Waals surface area contributed by atoms with Crippen molar-refractivity contribution in [3.8, 4) is 0 Å². The quantitative estimate of drug-likeness (QED) is 0.876. The van der Waals surface area contributed by atoms with Gasteiger partial charge < -0.3 is 14.7 Å². The zero-order valence-electron chi connectivity index (χ0n) is 12.6. The van der Waals surface area contributed by atoms with Crippen molar-refractivity contribution in [1.29, 1.82) is 0 Å². The maximum absolute atomic E-state index is 12.6. The van der Waals surface area contributed by atoms with Gasteiger partial charge in [0.2, 0.25) is 0 Å². The van der Waals surface area contributed by atoms with Gasteiger partial charge in [0.1, 0.15) is 11.3 Å². The standard InChI is InChI=1S/C14H22N4O2.ClH/c1-10-13(11(2)20-16-10)14(19)18-6-3-12(9-18)17-7-4-15-5-8-17;/h12,15H,3-9H2,1-2H3;1H. The lowest BCUT2D eigenvalue weighted by molar-refractivity contribution is 0.0771. The Morgan fingerprint density at radius 2 is 2.00 bits per heavy atom. The fourth-order valence-electron chi connectivity index (χ4n) is 3.22. The van der Waals surface area contributed by atoms with Gasteiger partial charge in [0.05, 0.1) is 5.69 Å². The number of halogens is 1. The summed E-state index contributed by atoms with van der Waals surface area (Å²) in [6.45, 7) is 9.55. The van der Waals surface area contributed by atoms with Gasteiger partial charge in [-0.1, -0.05) is 5.16 Å². The summed E-state index contributed by atoms with van der Waals surface area (Å²) in [5, 5.41) is 7.24. The Kier molecular flexibility index (Phi) is 5.24. The van der Waals surface area contributed by atoms with Crippen LogP contribution in [0.3, 0.4) is 0 Å². The highest BCUT2D eigenvalue weighted by molar-refractivity contribution is 5.96. The summed E-state index contributed by atoms with van der Waals surface area (Å²) in [6, 6.07) is 0.501. The second kappa shape index (κ2) is 6.77. The fourth-order valence-corrected chi connectivity index (χ4v) is 3.22. The van der Waals surface area contributed by atoms with Crippen molar-refractivity contribution in [2.45, 2.75) is 26.3 Å². The average molecular weight is 315 g/mol. The second-order valence-electron chi connectivity index (χ2n) is 5.68. The molecule has 0 saturated carbocycles. The van der Waals surface area contributed by atoms with Crippen molar-refractivity contribution in [1.82, 2.24) is 20.3 Å². The van der Waals surface area contributed by atoms with Gasteiger partial charge in [-0.3, -0.25) is 9.69 Å². The minimum atomic E-state index is 0. The number of carbonyl (C=O) groups is 1. The minimum absolute atomic E-state index is 0. The number of hydrogen-bond acceptors (Lipinski definition) is 5. The number of amides is 1. The summed E-state index contributed by atoms with van der Waals surface area (Å²) in [7, 11) is 0. The van der Waals surface area contributed by atoms with Crippen LogP contribution in [0.4, 0.5) is 0 Å². The van der Waals surface area contributed by atoms with E-state index < -0.39 is 0 Å². The van der Waals surface area contributed by atoms with Crippen LogP contribution in [0, 0.1) is 13.8 Å². The Labute approximate surface area is 131 Å². The Morgan fingerprint density at radius 1 is 1.29 bits per heavy atom. The summed E-state index contributed by atoms with van der Waals surface area (Å²) in [5.74, 6) is 0.692. The number of aromatic nitrogens is 1. The van der Waals surface area contributed by atoms with E-state index >= 15 is 0 Å². The molecule has 2 aliphatic heterocycles. The van der Waals surface area contributed by atoms with Crippen molar-refractivity contribution in [2.75, 3.05) is 39.3 Å². The first-order chi connectivity index (χ1) is 9.66. The molecule has 118 valence electrons. The minimum Gasteiger partial charge on any atom is -0.361 e. The number of carbonyl (C=O) groups excluding carboxylic acids is 1. The van der Waals surface area contributed by atoms with E-state index in [9.17, 15) is 4.79 Å². The molecule has 1 unspecified atom stereocenters. The van der Waals surface area contributed by atoms with Crippen LogP contribution in [0.5, 0.6) is 0 Å². The van der Waals surface area contributed by atoms with Crippen LogP contribution in [0.1, 0.15) is 28.2 Å². The molecule has 7 heteroatoms. The Hall–Kier alpha value is -1.11. The van der Waals surface area contributed by atoms with Crippen LogP contribution in [-0.4, -0.2) is 66.2 Å². The highest BCUT2D eigenvalue weighted by Gasteiger charge is 2.33. The number of likely N-dealkylation sites (tertiary alicyclic amines) is 1. The van der Waals surface area contributed by atoms with E-state index in [1.807, 2.05) is 11.8 Å². The maximum Gasteiger partial charge on any atom is 0.259 e. The molecule has 21 heavy (non-hydrogen) atoms. The number of piperazine rings is 1. The molecule has 1 atom stereocenters. The molecule has 3 rings (SSSR count). The third-order valence-electron chi connectivity index (χ3n) is 4.37. The molecule has 0 radical (unpaired) electrons. The molecule has 0 spiro atoms. The van der Waals surface area contributed by atoms with Crippen molar-refractivity contribution in [2.24, 2.45) is 0 Å². The lowest BCUT2D eigenvalue weighted by atomic mass is 10.2. The van der Waals surface area contributed by atoms with E-state index in [0.29, 0.717) is 23.1 Å². The predicted molar refractivity (Wildman–Crippen MR) is 82.0 cm³/mol. The first kappa shape index (κ1) is 16.3. The zero-order chi connectivity index (χ0) is 14.1. The van der Waals surface area contributed by atoms with E-state index in [4.69, 9.17) is 4.52 Å². The van der Waals surface area contributed by atoms with Crippen LogP contribution in [0.2, 0.25) is 0 Å². The third-order valence-corrected chi connectivity index (χ3v) is 4.37. The summed E-state index contributed by atoms with van der Waals surface area (Å²) >= 11 is 0. The summed E-state index contributed by atoms with van der Waals surface area (Å²) < 4.78 is 5.10. The lowest BCUT2D eigenvalue weighted by Crippen LogP contribution is -2.49. The van der Waals surface area contributed by atoms with Crippen molar-refractivity contribution < 1.29 is 9.32 Å². The van der Waals surface area contributed by atoms with Gasteiger partial charge >= 0.3 is 0 Å². The molecule has 1 aromatic rings. The van der Waals surface area contributed by atoms with Crippen LogP contribution >= 0.6 is 12.4 Å². The Morgan fingerprint density at radius 3 is 2.62 bits per heavy atom. The van der Waals surface area contributed by atoms with Gasteiger partial charge in [0.15, 0.2) is 0 Å². The number of rotatable bonds is 2. The van der Waals surface area contributed by atoms with Gasteiger partial charge in [-0.05, 0) is 20.3 Å². The number of nitrogens with one attached hydrogen (secondary N) is 1. The molecule has 6 nitrogen and oxygen atoms in total. The number of nitrogens with zero attached hydrogens (tertiary/aromatic N) is 3. The second-order valence-corrected chi connectivity index (χ2v) is 5.68. The zero-order valence-corrected chi connectivity index (χ0v) is 13.4. The highest BCUT2D eigenvalue weighted by atomic mass is 35.5. The molecule has 2 fully saturated rings. The van der Waals surface area contributed by atoms with Gasteiger partial charge in [-0.2, -0.15) is 0 Å². The van der Waals surface area contributed by atoms with E-state index in [2.05, 4.69) is 15.4 Å². The predicted octanol–water partition coefficient (Wildman–Crippen LogP) is 0.833. The van der Waals surface area contributed by atoms with Gasteiger partial charge in [0.25, 0.3) is 5.91 Å². The summed E-state index contributed by atoms with van der Waals surface area (Å²) in [6.07, 6.45) is 1.06. The van der Waals surface area contributed by atoms with Crippen LogP contribution in [-0.2, 0) is 0 Å². The summed E-state index contributed by atoms with van der Waals surface area (Å²) in [4.78, 5) is 17.0. The Balaban J connectivity index is 0.00000161. The molecule has 2 aliphatic rings. The van der Waals surface area contributed by atoms with Crippen LogP contribution in [0.25, 0.3) is 0 Å². The normalized spacial score (nSPS) is 23.1. The molecule has 1 amide bonds. The van der Waals surface area contributed by atoms with E-state index in [0.717, 1.165) is 45.7 Å². The van der Waals surface area contributed by atoms with Crippen molar-refractivity contribution >= 4 is 18.3 Å². The van der Waals surface area contributed by atoms with E-state index in [1.165, 1.54) is 0 Å². The first-order valence-electron chi connectivity index (χ1n) is 7.33. The number of aryl methyl sites for hydroxylation is 2. The molecular formula is C14H23ClN4O2. The Bertz CT molecular complexity index is 480. The maximum atomic E-state index is 12.6. The average Bonchev–Trinajstić information content (AvgIpc) is 3.07. The topological polar surface area (TPSA) is 61.6 Å². The highest BCUT2D eigenvalue weighted by Crippen LogP contribution is 2.21. The van der Waals surface area contributed by atoms with E-state index in [1.54, 1.807) is 6.92 Å². The molecule has 1 aromatic heterocycles. The smallest absolute Gasteiger partial charge is 0.259 e. The molecule has 3 heterocycles. The van der Waals surface area contributed by atoms with Gasteiger partial charge in [0, 0.05) is 45.3 Å². The largest absolute Gasteiger partial charge is 0.361 e. The third kappa shape index (κ3) is 3.22. The fraction of sp³-hybridized carbons (Fsp3) is 0.714. The molecular weight excluding hydrogens is 292 g/mol. The lowest BCUT2D eigenvalue weighted by Gasteiger charge is -2.32. The molecule has 2 saturated heterocycles. The summed E-state index contributed by atoms with van der Waals surface area (Å²) in [5.41, 5.74) is 1.34.